The largest absolute Gasteiger partial charge is 0.508 e. The number of pyridine rings is 1. The van der Waals surface area contributed by atoms with Gasteiger partial charge in [0.1, 0.15) is 12.4 Å². The third-order valence-corrected chi connectivity index (χ3v) is 6.12. The summed E-state index contributed by atoms with van der Waals surface area (Å²) < 4.78 is 14.0. The SMILES string of the molecule is CCCCCCCCOc1c(OC/C=C(\C)CCC=C(C)C)c2ccc(O)cc2n(C(C)C)c1=O. The van der Waals surface area contributed by atoms with Crippen LogP contribution in [0.25, 0.3) is 10.9 Å². The van der Waals surface area contributed by atoms with Gasteiger partial charge in [-0.2, -0.15) is 0 Å². The Morgan fingerprint density at radius 3 is 2.40 bits per heavy atom. The first-order valence-corrected chi connectivity index (χ1v) is 13.2. The average molecular weight is 484 g/mol. The molecule has 0 saturated carbocycles. The molecule has 0 unspecified atom stereocenters. The summed E-state index contributed by atoms with van der Waals surface area (Å²) in [5.74, 6) is 0.843. The van der Waals surface area contributed by atoms with Crippen LogP contribution >= 0.6 is 0 Å². The molecule has 1 aromatic heterocycles. The lowest BCUT2D eigenvalue weighted by Gasteiger charge is -2.20. The topological polar surface area (TPSA) is 60.7 Å². The fourth-order valence-corrected chi connectivity index (χ4v) is 4.15. The maximum Gasteiger partial charge on any atom is 0.297 e. The first-order valence-electron chi connectivity index (χ1n) is 13.2. The van der Waals surface area contributed by atoms with Gasteiger partial charge in [-0.1, -0.05) is 56.3 Å². The summed E-state index contributed by atoms with van der Waals surface area (Å²) >= 11 is 0. The summed E-state index contributed by atoms with van der Waals surface area (Å²) in [6.45, 7) is 13.3. The number of ether oxygens (including phenoxy) is 2. The first-order chi connectivity index (χ1) is 16.8. The molecule has 0 radical (unpaired) electrons. The van der Waals surface area contributed by atoms with Crippen molar-refractivity contribution in [3.8, 4) is 17.2 Å². The van der Waals surface area contributed by atoms with Crippen LogP contribution in [-0.2, 0) is 0 Å². The van der Waals surface area contributed by atoms with Crippen molar-refractivity contribution in [3.05, 3.63) is 51.9 Å². The minimum atomic E-state index is -0.219. The lowest BCUT2D eigenvalue weighted by molar-refractivity contribution is 0.271. The van der Waals surface area contributed by atoms with Crippen molar-refractivity contribution in [1.29, 1.82) is 0 Å². The fraction of sp³-hybridized carbons (Fsp3) is 0.567. The Morgan fingerprint density at radius 2 is 1.71 bits per heavy atom. The van der Waals surface area contributed by atoms with Gasteiger partial charge in [0.05, 0.1) is 12.1 Å². The molecule has 0 aliphatic heterocycles. The van der Waals surface area contributed by atoms with Crippen molar-refractivity contribution in [1.82, 2.24) is 4.57 Å². The van der Waals surface area contributed by atoms with Crippen molar-refractivity contribution in [3.63, 3.8) is 0 Å². The molecular weight excluding hydrogens is 438 g/mol. The van der Waals surface area contributed by atoms with E-state index in [0.29, 0.717) is 24.5 Å². The van der Waals surface area contributed by atoms with Crippen LogP contribution in [0.15, 0.2) is 46.3 Å². The van der Waals surface area contributed by atoms with Crippen molar-refractivity contribution in [2.24, 2.45) is 0 Å². The van der Waals surface area contributed by atoms with Crippen LogP contribution in [0.4, 0.5) is 0 Å². The van der Waals surface area contributed by atoms with E-state index in [1.54, 1.807) is 22.8 Å². The number of hydrogen-bond donors (Lipinski definition) is 1. The van der Waals surface area contributed by atoms with E-state index in [-0.39, 0.29) is 23.1 Å². The van der Waals surface area contributed by atoms with Crippen LogP contribution in [0.3, 0.4) is 0 Å². The molecule has 1 heterocycles. The van der Waals surface area contributed by atoms with Gasteiger partial charge >= 0.3 is 0 Å². The summed E-state index contributed by atoms with van der Waals surface area (Å²) in [4.78, 5) is 13.5. The zero-order valence-electron chi connectivity index (χ0n) is 22.7. The van der Waals surface area contributed by atoms with Crippen LogP contribution in [0.1, 0.15) is 99.0 Å². The van der Waals surface area contributed by atoms with Crippen molar-refractivity contribution in [2.45, 2.75) is 99.0 Å². The molecule has 2 rings (SSSR count). The number of allylic oxidation sites excluding steroid dienone is 3. The summed E-state index contributed by atoms with van der Waals surface area (Å²) in [7, 11) is 0. The lowest BCUT2D eigenvalue weighted by atomic mass is 10.1. The van der Waals surface area contributed by atoms with Crippen LogP contribution in [0.5, 0.6) is 17.2 Å². The zero-order chi connectivity index (χ0) is 25.8. The van der Waals surface area contributed by atoms with E-state index >= 15 is 0 Å². The van der Waals surface area contributed by atoms with Gasteiger partial charge < -0.3 is 19.1 Å². The molecule has 35 heavy (non-hydrogen) atoms. The Labute approximate surface area is 211 Å². The van der Waals surface area contributed by atoms with Gasteiger partial charge in [-0.05, 0) is 72.1 Å². The van der Waals surface area contributed by atoms with Gasteiger partial charge in [0, 0.05) is 17.5 Å². The number of fused-ring (bicyclic) bond motifs is 1. The number of benzene rings is 1. The van der Waals surface area contributed by atoms with Gasteiger partial charge in [0.15, 0.2) is 5.75 Å². The first kappa shape index (κ1) is 28.5. The second-order valence-electron chi connectivity index (χ2n) is 9.93. The third-order valence-electron chi connectivity index (χ3n) is 6.12. The lowest BCUT2D eigenvalue weighted by Crippen LogP contribution is -2.25. The van der Waals surface area contributed by atoms with Crippen molar-refractivity contribution < 1.29 is 14.6 Å². The highest BCUT2D eigenvalue weighted by Gasteiger charge is 2.21. The molecule has 0 bridgehead atoms. The number of phenols is 1. The maximum atomic E-state index is 13.5. The number of aromatic hydroxyl groups is 1. The smallest absolute Gasteiger partial charge is 0.297 e. The van der Waals surface area contributed by atoms with E-state index in [0.717, 1.165) is 31.1 Å². The number of phenolic OH excluding ortho intramolecular Hbond substituents is 1. The molecule has 0 saturated heterocycles. The van der Waals surface area contributed by atoms with Gasteiger partial charge in [-0.15, -0.1) is 0 Å². The summed E-state index contributed by atoms with van der Waals surface area (Å²) in [6.07, 6.45) is 13.2. The Bertz CT molecular complexity index is 1060. The molecule has 0 spiro atoms. The van der Waals surface area contributed by atoms with Crippen LogP contribution in [-0.4, -0.2) is 22.9 Å². The van der Waals surface area contributed by atoms with E-state index in [4.69, 9.17) is 9.47 Å². The number of aromatic nitrogens is 1. The number of unbranched alkanes of at least 4 members (excludes halogenated alkanes) is 5. The molecule has 0 aliphatic carbocycles. The van der Waals surface area contributed by atoms with Gasteiger partial charge in [-0.3, -0.25) is 4.79 Å². The molecule has 2 aromatic rings. The number of nitrogens with zero attached hydrogens (tertiary/aromatic N) is 1. The summed E-state index contributed by atoms with van der Waals surface area (Å²) in [5, 5.41) is 10.9. The molecular formula is C30H45NO4. The fourth-order valence-electron chi connectivity index (χ4n) is 4.15. The molecule has 0 amide bonds. The van der Waals surface area contributed by atoms with Crippen LogP contribution in [0, 0.1) is 0 Å². The molecule has 5 heteroatoms. The zero-order valence-corrected chi connectivity index (χ0v) is 22.7. The average Bonchev–Trinajstić information content (AvgIpc) is 2.79. The minimum Gasteiger partial charge on any atom is -0.508 e. The Hall–Kier alpha value is -2.69. The summed E-state index contributed by atoms with van der Waals surface area (Å²) in [5.41, 5.74) is 3.00. The predicted molar refractivity (Wildman–Crippen MR) is 147 cm³/mol. The maximum absolute atomic E-state index is 13.5. The molecule has 0 aliphatic rings. The number of hydrogen-bond acceptors (Lipinski definition) is 4. The molecule has 1 N–H and O–H groups in total. The van der Waals surface area contributed by atoms with E-state index in [1.165, 1.54) is 36.8 Å². The van der Waals surface area contributed by atoms with Crippen LogP contribution < -0.4 is 15.0 Å². The Morgan fingerprint density at radius 1 is 1.00 bits per heavy atom. The van der Waals surface area contributed by atoms with E-state index in [2.05, 4.69) is 39.8 Å². The molecule has 5 nitrogen and oxygen atoms in total. The molecule has 1 aromatic carbocycles. The minimum absolute atomic E-state index is 0.0885. The quantitative estimate of drug-likeness (QED) is 0.205. The standard InChI is InChI=1S/C30H45NO4/c1-7-8-9-10-11-12-19-34-29-28(35-20-18-24(6)15-13-14-22(2)3)26-17-16-25(32)21-27(26)31(23(4)5)30(29)33/h14,16-18,21,23,32H,7-13,15,19-20H2,1-6H3/b24-18+. The van der Waals surface area contributed by atoms with Crippen molar-refractivity contribution in [2.75, 3.05) is 13.2 Å². The van der Waals surface area contributed by atoms with Gasteiger partial charge in [0.2, 0.25) is 5.75 Å². The van der Waals surface area contributed by atoms with E-state index in [1.807, 2.05) is 13.8 Å². The third kappa shape index (κ3) is 8.79. The van der Waals surface area contributed by atoms with Gasteiger partial charge in [-0.25, -0.2) is 0 Å². The highest BCUT2D eigenvalue weighted by molar-refractivity contribution is 5.89. The molecule has 0 atom stereocenters. The Kier molecular flexibility index (Phi) is 11.9. The second-order valence-corrected chi connectivity index (χ2v) is 9.93. The van der Waals surface area contributed by atoms with Crippen LogP contribution in [0.2, 0.25) is 0 Å². The van der Waals surface area contributed by atoms with Gasteiger partial charge in [0.25, 0.3) is 5.56 Å². The van der Waals surface area contributed by atoms with E-state index in [9.17, 15) is 9.90 Å². The van der Waals surface area contributed by atoms with E-state index < -0.39 is 0 Å². The second kappa shape index (κ2) is 14.7. The highest BCUT2D eigenvalue weighted by Crippen LogP contribution is 2.36. The summed E-state index contributed by atoms with van der Waals surface area (Å²) in [6, 6.07) is 4.97. The predicted octanol–water partition coefficient (Wildman–Crippen LogP) is 8.10. The van der Waals surface area contributed by atoms with Crippen molar-refractivity contribution >= 4 is 10.9 Å². The molecule has 0 fully saturated rings. The monoisotopic (exact) mass is 483 g/mol. The highest BCUT2D eigenvalue weighted by atomic mass is 16.5. The Balaban J connectivity index is 2.31. The number of rotatable bonds is 15. The normalized spacial score (nSPS) is 11.8. The molecule has 194 valence electrons.